The summed E-state index contributed by atoms with van der Waals surface area (Å²) in [4.78, 5) is 30.6. The van der Waals surface area contributed by atoms with Gasteiger partial charge in [0.25, 0.3) is 0 Å². The number of methoxy groups -OCH3 is 3. The average molecular weight is 751 g/mol. The Balaban J connectivity index is 1.20. The van der Waals surface area contributed by atoms with Crippen molar-refractivity contribution in [3.05, 3.63) is 0 Å². The number of cyclic esters (lactones) is 1. The van der Waals surface area contributed by atoms with E-state index in [9.17, 15) is 9.59 Å². The molecular weight excluding hydrogens is 680 g/mol. The molecule has 6 aliphatic rings. The number of hydrogen-bond acceptors (Lipinski definition) is 12. The van der Waals surface area contributed by atoms with E-state index in [-0.39, 0.29) is 103 Å². The standard InChI is InChI=1S/C41H70N2O10/c1-10-25-12-11-13-33(53-35-15-14-32(43(5)6)22(3)49-35)21(2)37(45)30-19-28-27-18-26(16-24(27)17-31(42)36(28)29(30)20-34(44)51-25)52-41-40(48-9)39(47-8)38(46-7)23(4)50-41/h21-33,35-36,38-41H,10-20,42H2,1-9H3/t21-,22?,23?,24+,25+,26-,27-,28+,29-,30?,31+,32+,33+,35+,36-,38+,39?,40?,41+/m1/s1. The molecule has 0 aromatic heterocycles. The molecule has 12 heteroatoms. The number of carbonyl (C=O) groups excluding carboxylic acids is 2. The van der Waals surface area contributed by atoms with Crippen molar-refractivity contribution in [3.8, 4) is 0 Å². The summed E-state index contributed by atoms with van der Waals surface area (Å²) in [5.41, 5.74) is 7.11. The highest BCUT2D eigenvalue weighted by molar-refractivity contribution is 5.85. The molecule has 3 heterocycles. The SMILES string of the molecule is CC[C@H]1CCC[C@H](O[C@H]2CC[C@H](N(C)C)C(C)O2)[C@@H](C)C(=O)C2C[C@H]3[C@@H]4C[C@H](O[C@@H]5OC(C)[C@H](OC)C(OC)C5OC)C[C@H]4C[C@H](N)[C@H]3[C@@H]2CC(=O)O1. The summed E-state index contributed by atoms with van der Waals surface area (Å²) in [5, 5.41) is 0. The lowest BCUT2D eigenvalue weighted by Crippen LogP contribution is -2.59. The Hall–Kier alpha value is -1.22. The van der Waals surface area contributed by atoms with Gasteiger partial charge in [-0.3, -0.25) is 9.59 Å². The van der Waals surface area contributed by atoms with Crippen LogP contribution in [0.4, 0.5) is 0 Å². The molecule has 19 atom stereocenters. The number of nitrogens with two attached hydrogens (primary N) is 1. The van der Waals surface area contributed by atoms with Gasteiger partial charge in [0.15, 0.2) is 12.6 Å². The Morgan fingerprint density at radius 3 is 2.19 bits per heavy atom. The third kappa shape index (κ3) is 8.71. The van der Waals surface area contributed by atoms with Crippen molar-refractivity contribution >= 4 is 11.8 Å². The zero-order valence-corrected chi connectivity index (χ0v) is 33.9. The highest BCUT2D eigenvalue weighted by Crippen LogP contribution is 2.59. The van der Waals surface area contributed by atoms with Crippen LogP contribution < -0.4 is 5.73 Å². The Bertz CT molecular complexity index is 1220. The molecule has 6 fully saturated rings. The van der Waals surface area contributed by atoms with Crippen LogP contribution in [0.15, 0.2) is 0 Å². The summed E-state index contributed by atoms with van der Waals surface area (Å²) in [5.74, 6) is 0.258. The third-order valence-electron chi connectivity index (χ3n) is 14.4. The quantitative estimate of drug-likeness (QED) is 0.327. The van der Waals surface area contributed by atoms with E-state index in [4.69, 9.17) is 43.6 Å². The van der Waals surface area contributed by atoms with Gasteiger partial charge in [0.2, 0.25) is 0 Å². The minimum atomic E-state index is -0.593. The van der Waals surface area contributed by atoms with E-state index >= 15 is 0 Å². The van der Waals surface area contributed by atoms with Gasteiger partial charge >= 0.3 is 5.97 Å². The van der Waals surface area contributed by atoms with Gasteiger partial charge in [-0.15, -0.1) is 0 Å². The van der Waals surface area contributed by atoms with Crippen molar-refractivity contribution in [1.82, 2.24) is 4.90 Å². The van der Waals surface area contributed by atoms with Gasteiger partial charge in [-0.25, -0.2) is 0 Å². The van der Waals surface area contributed by atoms with Crippen LogP contribution in [-0.2, 0) is 47.5 Å². The lowest BCUT2D eigenvalue weighted by atomic mass is 9.65. The summed E-state index contributed by atoms with van der Waals surface area (Å²) in [6.07, 6.45) is 5.77. The molecule has 304 valence electrons. The zero-order valence-electron chi connectivity index (χ0n) is 33.9. The fourth-order valence-electron chi connectivity index (χ4n) is 11.7. The Morgan fingerprint density at radius 1 is 0.792 bits per heavy atom. The molecule has 0 radical (unpaired) electrons. The number of hydrogen-bond donors (Lipinski definition) is 1. The summed E-state index contributed by atoms with van der Waals surface area (Å²) in [6, 6.07) is 0.236. The second-order valence-corrected chi connectivity index (χ2v) is 17.5. The minimum Gasteiger partial charge on any atom is -0.462 e. The van der Waals surface area contributed by atoms with Crippen LogP contribution in [0.25, 0.3) is 0 Å². The number of rotatable bonds is 9. The Labute approximate surface area is 318 Å². The molecule has 5 unspecified atom stereocenters. The monoisotopic (exact) mass is 751 g/mol. The first kappa shape index (κ1) is 41.4. The highest BCUT2D eigenvalue weighted by atomic mass is 16.7. The third-order valence-corrected chi connectivity index (χ3v) is 14.4. The van der Waals surface area contributed by atoms with Crippen molar-refractivity contribution in [3.63, 3.8) is 0 Å². The molecule has 2 N–H and O–H groups in total. The smallest absolute Gasteiger partial charge is 0.306 e. The number of ketones is 1. The van der Waals surface area contributed by atoms with E-state index in [1.165, 1.54) is 0 Å². The number of esters is 1. The normalized spacial score (nSPS) is 48.3. The van der Waals surface area contributed by atoms with Crippen molar-refractivity contribution in [1.29, 1.82) is 0 Å². The maximum absolute atomic E-state index is 14.8. The predicted octanol–water partition coefficient (Wildman–Crippen LogP) is 4.73. The van der Waals surface area contributed by atoms with Crippen molar-refractivity contribution < 1.29 is 47.5 Å². The van der Waals surface area contributed by atoms with Gasteiger partial charge in [-0.2, -0.15) is 0 Å². The maximum Gasteiger partial charge on any atom is 0.306 e. The molecule has 53 heavy (non-hydrogen) atoms. The molecule has 0 amide bonds. The molecule has 3 aliphatic carbocycles. The molecular formula is C41H70N2O10. The van der Waals surface area contributed by atoms with Gasteiger partial charge in [0.05, 0.1) is 24.4 Å². The summed E-state index contributed by atoms with van der Waals surface area (Å²) in [6.45, 7) is 8.21. The predicted molar refractivity (Wildman–Crippen MR) is 198 cm³/mol. The molecule has 3 saturated heterocycles. The van der Waals surface area contributed by atoms with E-state index in [0.717, 1.165) is 64.2 Å². The number of fused-ring (bicyclic) bond motifs is 5. The number of Topliss-reactive ketones (excluding diaryl/α,β-unsaturated/α-hetero) is 1. The Morgan fingerprint density at radius 2 is 1.53 bits per heavy atom. The van der Waals surface area contributed by atoms with Gasteiger partial charge in [-0.1, -0.05) is 13.8 Å². The lowest BCUT2D eigenvalue weighted by Gasteiger charge is -2.44. The second-order valence-electron chi connectivity index (χ2n) is 17.5. The number of likely N-dealkylation sites (N-methyl/N-ethyl adjacent to an activating group) is 1. The van der Waals surface area contributed by atoms with Crippen LogP contribution in [0.3, 0.4) is 0 Å². The van der Waals surface area contributed by atoms with Gasteiger partial charge in [-0.05, 0) is 122 Å². The average Bonchev–Trinajstić information content (AvgIpc) is 3.70. The maximum atomic E-state index is 14.8. The van der Waals surface area contributed by atoms with Crippen LogP contribution in [0.5, 0.6) is 0 Å². The second kappa shape index (κ2) is 17.9. The molecule has 6 rings (SSSR count). The number of carbonyl (C=O) groups is 2. The fraction of sp³-hybridized carbons (Fsp3) is 0.951. The lowest BCUT2D eigenvalue weighted by molar-refractivity contribution is -0.314. The van der Waals surface area contributed by atoms with Gasteiger partial charge in [0, 0.05) is 51.7 Å². The number of nitrogens with zero attached hydrogens (tertiary/aromatic N) is 1. The molecule has 0 aromatic carbocycles. The molecule has 12 nitrogen and oxygen atoms in total. The van der Waals surface area contributed by atoms with Crippen LogP contribution in [0.1, 0.15) is 98.3 Å². The van der Waals surface area contributed by atoms with E-state index < -0.39 is 12.4 Å². The van der Waals surface area contributed by atoms with Crippen LogP contribution in [0, 0.1) is 41.4 Å². The first-order valence-corrected chi connectivity index (χ1v) is 20.7. The zero-order chi connectivity index (χ0) is 38.1. The van der Waals surface area contributed by atoms with E-state index in [0.29, 0.717) is 17.9 Å². The topological polar surface area (TPSA) is 137 Å². The van der Waals surface area contributed by atoms with E-state index in [2.05, 4.69) is 32.8 Å². The van der Waals surface area contributed by atoms with E-state index in [1.54, 1.807) is 21.3 Å². The van der Waals surface area contributed by atoms with Crippen LogP contribution in [0.2, 0.25) is 0 Å². The molecule has 0 spiro atoms. The van der Waals surface area contributed by atoms with Crippen LogP contribution >= 0.6 is 0 Å². The van der Waals surface area contributed by atoms with Crippen molar-refractivity contribution in [2.24, 2.45) is 47.2 Å². The number of ether oxygens (including phenoxy) is 8. The van der Waals surface area contributed by atoms with Gasteiger partial charge in [0.1, 0.15) is 30.2 Å². The van der Waals surface area contributed by atoms with Gasteiger partial charge < -0.3 is 48.5 Å². The Kier molecular flexibility index (Phi) is 14.0. The minimum absolute atomic E-state index is 0.0398. The largest absolute Gasteiger partial charge is 0.462 e. The summed E-state index contributed by atoms with van der Waals surface area (Å²) in [7, 11) is 9.17. The molecule has 0 aromatic rings. The molecule has 3 aliphatic heterocycles. The summed E-state index contributed by atoms with van der Waals surface area (Å²) < 4.78 is 49.8. The molecule has 0 bridgehead atoms. The first-order valence-electron chi connectivity index (χ1n) is 20.7. The van der Waals surface area contributed by atoms with Crippen molar-refractivity contribution in [2.45, 2.75) is 172 Å². The highest BCUT2D eigenvalue weighted by Gasteiger charge is 2.59. The fourth-order valence-corrected chi connectivity index (χ4v) is 11.7. The first-order chi connectivity index (χ1) is 25.4. The van der Waals surface area contributed by atoms with Crippen LogP contribution in [-0.4, -0.2) is 126 Å². The molecule has 3 saturated carbocycles. The van der Waals surface area contributed by atoms with E-state index in [1.807, 2.05) is 13.8 Å². The summed E-state index contributed by atoms with van der Waals surface area (Å²) >= 11 is 0. The van der Waals surface area contributed by atoms with Crippen molar-refractivity contribution in [2.75, 3.05) is 35.4 Å².